The van der Waals surface area contributed by atoms with Gasteiger partial charge in [-0.25, -0.2) is 0 Å². The van der Waals surface area contributed by atoms with Crippen LogP contribution in [0.15, 0.2) is 36.4 Å². The lowest BCUT2D eigenvalue weighted by atomic mass is 9.99. The molecule has 0 aliphatic rings. The van der Waals surface area contributed by atoms with Gasteiger partial charge in [0.15, 0.2) is 0 Å². The second-order valence-corrected chi connectivity index (χ2v) is 4.79. The maximum absolute atomic E-state index is 10.7. The maximum atomic E-state index is 10.7. The first-order valence-electron chi connectivity index (χ1n) is 6.95. The number of carbonyl (C=O) groups excluding carboxylic acids is 2. The number of rotatable bonds is 7. The van der Waals surface area contributed by atoms with Gasteiger partial charge in [-0.05, 0) is 23.3 Å². The fourth-order valence-corrected chi connectivity index (χ4v) is 2.37. The van der Waals surface area contributed by atoms with Crippen molar-refractivity contribution in [1.82, 2.24) is 0 Å². The molecule has 0 fully saturated rings. The summed E-state index contributed by atoms with van der Waals surface area (Å²) in [6.07, 6.45) is 2.36. The average molecular weight is 298 g/mol. The van der Waals surface area contributed by atoms with Crippen LogP contribution in [0.3, 0.4) is 0 Å². The van der Waals surface area contributed by atoms with Gasteiger partial charge in [-0.15, -0.1) is 0 Å². The molecule has 2 rings (SSSR count). The summed E-state index contributed by atoms with van der Waals surface area (Å²) < 4.78 is 10.7. The van der Waals surface area contributed by atoms with Crippen molar-refractivity contribution in [1.29, 1.82) is 0 Å². The Balaban J connectivity index is 2.43. The molecule has 0 aliphatic carbocycles. The van der Waals surface area contributed by atoms with Crippen LogP contribution in [0, 0.1) is 0 Å². The Morgan fingerprint density at radius 1 is 0.773 bits per heavy atom. The van der Waals surface area contributed by atoms with Gasteiger partial charge >= 0.3 is 0 Å². The van der Waals surface area contributed by atoms with Crippen LogP contribution in [0.25, 0.3) is 11.1 Å². The zero-order valence-corrected chi connectivity index (χ0v) is 12.7. The van der Waals surface area contributed by atoms with E-state index in [0.717, 1.165) is 34.8 Å². The van der Waals surface area contributed by atoms with Crippen LogP contribution < -0.4 is 9.47 Å². The number of ether oxygens (including phenoxy) is 2. The highest BCUT2D eigenvalue weighted by molar-refractivity contribution is 5.70. The monoisotopic (exact) mass is 298 g/mol. The van der Waals surface area contributed by atoms with E-state index in [0.29, 0.717) is 24.3 Å². The minimum atomic E-state index is 0.324. The molecule has 0 amide bonds. The lowest BCUT2D eigenvalue weighted by molar-refractivity contribution is -0.108. The van der Waals surface area contributed by atoms with E-state index < -0.39 is 0 Å². The highest BCUT2D eigenvalue weighted by atomic mass is 16.5. The van der Waals surface area contributed by atoms with Gasteiger partial charge < -0.3 is 19.1 Å². The first-order valence-corrected chi connectivity index (χ1v) is 6.95. The topological polar surface area (TPSA) is 52.6 Å². The molecule has 0 bridgehead atoms. The van der Waals surface area contributed by atoms with Crippen molar-refractivity contribution >= 4 is 12.6 Å². The van der Waals surface area contributed by atoms with Crippen molar-refractivity contribution in [2.24, 2.45) is 0 Å². The molecule has 4 heteroatoms. The summed E-state index contributed by atoms with van der Waals surface area (Å²) in [5.41, 5.74) is 3.63. The van der Waals surface area contributed by atoms with Crippen LogP contribution in [0.2, 0.25) is 0 Å². The van der Waals surface area contributed by atoms with Crippen molar-refractivity contribution in [2.45, 2.75) is 12.8 Å². The second kappa shape index (κ2) is 7.41. The van der Waals surface area contributed by atoms with Gasteiger partial charge in [-0.2, -0.15) is 0 Å². The third-order valence-corrected chi connectivity index (χ3v) is 3.51. The maximum Gasteiger partial charge on any atom is 0.124 e. The summed E-state index contributed by atoms with van der Waals surface area (Å²) in [7, 11) is 3.17. The number of hydrogen-bond donors (Lipinski definition) is 0. The van der Waals surface area contributed by atoms with E-state index in [4.69, 9.17) is 9.47 Å². The molecular weight excluding hydrogens is 280 g/mol. The number of carbonyl (C=O) groups is 2. The van der Waals surface area contributed by atoms with E-state index in [1.807, 2.05) is 36.4 Å². The van der Waals surface area contributed by atoms with E-state index in [9.17, 15) is 9.59 Å². The SMILES string of the molecule is COc1cc(-c2ccc(CC=O)c(OC)c2)ccc1CC=O. The minimum absolute atomic E-state index is 0.324. The molecule has 0 aromatic heterocycles. The van der Waals surface area contributed by atoms with Gasteiger partial charge in [-0.1, -0.05) is 24.3 Å². The molecule has 22 heavy (non-hydrogen) atoms. The van der Waals surface area contributed by atoms with E-state index in [-0.39, 0.29) is 0 Å². The third-order valence-electron chi connectivity index (χ3n) is 3.51. The van der Waals surface area contributed by atoms with Crippen LogP contribution in [0.5, 0.6) is 11.5 Å². The van der Waals surface area contributed by atoms with Gasteiger partial charge in [0.2, 0.25) is 0 Å². The van der Waals surface area contributed by atoms with Gasteiger partial charge in [0.25, 0.3) is 0 Å². The van der Waals surface area contributed by atoms with Gasteiger partial charge in [0, 0.05) is 24.0 Å². The largest absolute Gasteiger partial charge is 0.496 e. The molecule has 0 spiro atoms. The van der Waals surface area contributed by atoms with Crippen LogP contribution in [-0.4, -0.2) is 26.8 Å². The molecule has 0 radical (unpaired) electrons. The predicted molar refractivity (Wildman–Crippen MR) is 84.5 cm³/mol. The van der Waals surface area contributed by atoms with E-state index in [1.54, 1.807) is 14.2 Å². The van der Waals surface area contributed by atoms with Gasteiger partial charge in [-0.3, -0.25) is 0 Å². The normalized spacial score (nSPS) is 10.1. The second-order valence-electron chi connectivity index (χ2n) is 4.79. The number of aldehydes is 2. The quantitative estimate of drug-likeness (QED) is 0.738. The standard InChI is InChI=1S/C18H18O4/c1-21-17-11-15(5-3-13(17)7-9-19)16-6-4-14(8-10-20)18(12-16)22-2/h3-6,9-12H,7-8H2,1-2H3. The van der Waals surface area contributed by atoms with Crippen molar-refractivity contribution in [3.63, 3.8) is 0 Å². The molecule has 114 valence electrons. The number of hydrogen-bond acceptors (Lipinski definition) is 4. The molecule has 0 saturated heterocycles. The Morgan fingerprint density at radius 3 is 1.50 bits per heavy atom. The highest BCUT2D eigenvalue weighted by Gasteiger charge is 2.09. The summed E-state index contributed by atoms with van der Waals surface area (Å²) in [6.45, 7) is 0. The van der Waals surface area contributed by atoms with Gasteiger partial charge in [0.1, 0.15) is 24.1 Å². The van der Waals surface area contributed by atoms with E-state index in [2.05, 4.69) is 0 Å². The summed E-state index contributed by atoms with van der Waals surface area (Å²) in [4.78, 5) is 21.4. The molecule has 4 nitrogen and oxygen atoms in total. The summed E-state index contributed by atoms with van der Waals surface area (Å²) in [5, 5.41) is 0. The number of methoxy groups -OCH3 is 2. The van der Waals surface area contributed by atoms with Crippen LogP contribution in [0.4, 0.5) is 0 Å². The van der Waals surface area contributed by atoms with Gasteiger partial charge in [0.05, 0.1) is 14.2 Å². The van der Waals surface area contributed by atoms with Crippen LogP contribution in [-0.2, 0) is 22.4 Å². The summed E-state index contributed by atoms with van der Waals surface area (Å²) in [6, 6.07) is 11.4. The van der Waals surface area contributed by atoms with Crippen molar-refractivity contribution in [2.75, 3.05) is 14.2 Å². The van der Waals surface area contributed by atoms with E-state index >= 15 is 0 Å². The molecule has 2 aromatic rings. The average Bonchev–Trinajstić information content (AvgIpc) is 2.56. The Kier molecular flexibility index (Phi) is 5.31. The molecule has 0 aliphatic heterocycles. The Morgan fingerprint density at radius 2 is 1.18 bits per heavy atom. The first-order chi connectivity index (χ1) is 10.7. The van der Waals surface area contributed by atoms with Crippen molar-refractivity contribution in [3.05, 3.63) is 47.5 Å². The van der Waals surface area contributed by atoms with E-state index in [1.165, 1.54) is 0 Å². The molecular formula is C18H18O4. The van der Waals surface area contributed by atoms with Crippen molar-refractivity contribution < 1.29 is 19.1 Å². The fraction of sp³-hybridized carbons (Fsp3) is 0.222. The smallest absolute Gasteiger partial charge is 0.124 e. The zero-order chi connectivity index (χ0) is 15.9. The van der Waals surface area contributed by atoms with Crippen LogP contribution >= 0.6 is 0 Å². The number of benzene rings is 2. The minimum Gasteiger partial charge on any atom is -0.496 e. The molecule has 0 heterocycles. The Bertz CT molecular complexity index is 617. The van der Waals surface area contributed by atoms with Crippen molar-refractivity contribution in [3.8, 4) is 22.6 Å². The molecule has 0 unspecified atom stereocenters. The third kappa shape index (κ3) is 3.34. The first kappa shape index (κ1) is 15.8. The Hall–Kier alpha value is -2.62. The summed E-state index contributed by atoms with van der Waals surface area (Å²) in [5.74, 6) is 1.36. The highest BCUT2D eigenvalue weighted by Crippen LogP contribution is 2.31. The zero-order valence-electron chi connectivity index (χ0n) is 12.7. The summed E-state index contributed by atoms with van der Waals surface area (Å²) >= 11 is 0. The lowest BCUT2D eigenvalue weighted by Crippen LogP contribution is -1.95. The van der Waals surface area contributed by atoms with Crippen LogP contribution in [0.1, 0.15) is 11.1 Å². The molecule has 0 N–H and O–H groups in total. The Labute approximate surface area is 129 Å². The molecule has 0 atom stereocenters. The molecule has 0 saturated carbocycles. The fourth-order valence-electron chi connectivity index (χ4n) is 2.37. The molecule has 2 aromatic carbocycles. The predicted octanol–water partition coefficient (Wildman–Crippen LogP) is 2.85. The lowest BCUT2D eigenvalue weighted by Gasteiger charge is -2.12.